The number of carbonyl (C=O) groups excluding carboxylic acids is 1. The molecule has 28 heavy (non-hydrogen) atoms. The van der Waals surface area contributed by atoms with Crippen molar-refractivity contribution in [2.45, 2.75) is 39.9 Å². The quantitative estimate of drug-likeness (QED) is 0.523. The normalized spacial score (nSPS) is 12.3. The van der Waals surface area contributed by atoms with Crippen molar-refractivity contribution in [2.75, 3.05) is 0 Å². The standard InChI is InChI=1S/C21H20O7/c1-10(2)26-14-8-15(11(3)27-12(4)22)20-17(9-14)19(23)16-7-13(21(24)25)5-6-18(16)28-20/h5-11H,1-4H3,(H,24,25). The molecule has 0 spiro atoms. The van der Waals surface area contributed by atoms with Crippen molar-refractivity contribution in [3.63, 3.8) is 0 Å². The Balaban J connectivity index is 2.35. The largest absolute Gasteiger partial charge is 0.491 e. The molecular weight excluding hydrogens is 364 g/mol. The van der Waals surface area contributed by atoms with Gasteiger partial charge in [-0.1, -0.05) is 0 Å². The van der Waals surface area contributed by atoms with Crippen LogP contribution in [0.3, 0.4) is 0 Å². The third-order valence-electron chi connectivity index (χ3n) is 4.17. The molecule has 0 aliphatic heterocycles. The molecule has 0 bridgehead atoms. The maximum atomic E-state index is 13.1. The topological polar surface area (TPSA) is 103 Å². The van der Waals surface area contributed by atoms with Crippen molar-refractivity contribution >= 4 is 33.9 Å². The fourth-order valence-corrected chi connectivity index (χ4v) is 3.05. The maximum absolute atomic E-state index is 13.1. The Morgan fingerprint density at radius 3 is 2.39 bits per heavy atom. The van der Waals surface area contributed by atoms with Crippen LogP contribution in [0.2, 0.25) is 0 Å². The lowest BCUT2D eigenvalue weighted by molar-refractivity contribution is -0.145. The van der Waals surface area contributed by atoms with Gasteiger partial charge in [0.05, 0.1) is 22.4 Å². The van der Waals surface area contributed by atoms with Gasteiger partial charge >= 0.3 is 11.9 Å². The Kier molecular flexibility index (Phi) is 5.09. The lowest BCUT2D eigenvalue weighted by atomic mass is 10.0. The van der Waals surface area contributed by atoms with Crippen LogP contribution in [0.25, 0.3) is 21.9 Å². The van der Waals surface area contributed by atoms with E-state index in [4.69, 9.17) is 13.9 Å². The van der Waals surface area contributed by atoms with Gasteiger partial charge in [-0.15, -0.1) is 0 Å². The average Bonchev–Trinajstić information content (AvgIpc) is 2.60. The molecule has 3 aromatic rings. The predicted octanol–water partition coefficient (Wildman–Crippen LogP) is 4.06. The molecule has 1 unspecified atom stereocenters. The summed E-state index contributed by atoms with van der Waals surface area (Å²) in [5, 5.41) is 9.57. The molecule has 1 atom stereocenters. The Bertz CT molecular complexity index is 1140. The second-order valence-corrected chi connectivity index (χ2v) is 6.75. The van der Waals surface area contributed by atoms with Gasteiger partial charge in [-0.2, -0.15) is 0 Å². The summed E-state index contributed by atoms with van der Waals surface area (Å²) in [6, 6.07) is 7.33. The van der Waals surface area contributed by atoms with Gasteiger partial charge in [0, 0.05) is 12.5 Å². The minimum atomic E-state index is -1.14. The number of rotatable bonds is 5. The van der Waals surface area contributed by atoms with E-state index in [0.717, 1.165) is 0 Å². The molecule has 0 aliphatic carbocycles. The minimum Gasteiger partial charge on any atom is -0.491 e. The molecule has 0 amide bonds. The zero-order valence-corrected chi connectivity index (χ0v) is 15.9. The maximum Gasteiger partial charge on any atom is 0.335 e. The highest BCUT2D eigenvalue weighted by atomic mass is 16.5. The van der Waals surface area contributed by atoms with Crippen molar-refractivity contribution < 1.29 is 28.6 Å². The molecule has 0 saturated heterocycles. The van der Waals surface area contributed by atoms with Crippen molar-refractivity contribution in [1.29, 1.82) is 0 Å². The number of esters is 1. The van der Waals surface area contributed by atoms with Crippen LogP contribution in [0.5, 0.6) is 5.75 Å². The molecule has 0 fully saturated rings. The van der Waals surface area contributed by atoms with Gasteiger partial charge in [-0.05, 0) is 51.1 Å². The van der Waals surface area contributed by atoms with Crippen LogP contribution in [0.4, 0.5) is 0 Å². The van der Waals surface area contributed by atoms with E-state index in [9.17, 15) is 19.5 Å². The summed E-state index contributed by atoms with van der Waals surface area (Å²) in [4.78, 5) is 35.7. The molecule has 1 heterocycles. The molecular formula is C21H20O7. The molecule has 7 heteroatoms. The van der Waals surface area contributed by atoms with E-state index in [-0.39, 0.29) is 39.0 Å². The molecule has 0 aliphatic rings. The second kappa shape index (κ2) is 7.34. The number of carbonyl (C=O) groups is 2. The summed E-state index contributed by atoms with van der Waals surface area (Å²) in [5.41, 5.74) is 0.610. The van der Waals surface area contributed by atoms with Gasteiger partial charge < -0.3 is 19.0 Å². The summed E-state index contributed by atoms with van der Waals surface area (Å²) >= 11 is 0. The van der Waals surface area contributed by atoms with Crippen LogP contribution in [0.1, 0.15) is 49.7 Å². The molecule has 1 aromatic heterocycles. The summed E-state index contributed by atoms with van der Waals surface area (Å²) < 4.78 is 16.9. The van der Waals surface area contributed by atoms with E-state index in [1.54, 1.807) is 19.1 Å². The zero-order valence-electron chi connectivity index (χ0n) is 15.9. The minimum absolute atomic E-state index is 0.0118. The van der Waals surface area contributed by atoms with Crippen molar-refractivity contribution in [1.82, 2.24) is 0 Å². The Hall–Kier alpha value is -3.35. The second-order valence-electron chi connectivity index (χ2n) is 6.75. The summed E-state index contributed by atoms with van der Waals surface area (Å²) in [5.74, 6) is -1.18. The van der Waals surface area contributed by atoms with E-state index in [2.05, 4.69) is 0 Å². The highest BCUT2D eigenvalue weighted by molar-refractivity contribution is 5.97. The Morgan fingerprint density at radius 1 is 1.07 bits per heavy atom. The molecule has 1 N–H and O–H groups in total. The Labute approximate surface area is 160 Å². The SMILES string of the molecule is CC(=O)OC(C)c1cc(OC(C)C)cc2c(=O)c3cc(C(=O)O)ccc3oc12. The number of ether oxygens (including phenoxy) is 2. The van der Waals surface area contributed by atoms with Crippen LogP contribution in [0, 0.1) is 0 Å². The number of hydrogen-bond acceptors (Lipinski definition) is 6. The summed E-state index contributed by atoms with van der Waals surface area (Å²) in [6.45, 7) is 6.67. The summed E-state index contributed by atoms with van der Waals surface area (Å²) in [7, 11) is 0. The first-order chi connectivity index (χ1) is 13.2. The van der Waals surface area contributed by atoms with Gasteiger partial charge in [0.15, 0.2) is 0 Å². The first-order valence-electron chi connectivity index (χ1n) is 8.79. The molecule has 0 radical (unpaired) electrons. The van der Waals surface area contributed by atoms with Gasteiger partial charge in [-0.3, -0.25) is 9.59 Å². The first kappa shape index (κ1) is 19.4. The molecule has 146 valence electrons. The van der Waals surface area contributed by atoms with Crippen LogP contribution < -0.4 is 10.2 Å². The van der Waals surface area contributed by atoms with Crippen LogP contribution in [-0.2, 0) is 9.53 Å². The lowest BCUT2D eigenvalue weighted by Gasteiger charge is -2.17. The number of hydrogen-bond donors (Lipinski definition) is 1. The van der Waals surface area contributed by atoms with Gasteiger partial charge in [-0.25, -0.2) is 4.79 Å². The number of benzene rings is 2. The molecule has 0 saturated carbocycles. The van der Waals surface area contributed by atoms with Gasteiger partial charge in [0.1, 0.15) is 23.0 Å². The number of fused-ring (bicyclic) bond motifs is 2. The number of aromatic carboxylic acids is 1. The van der Waals surface area contributed by atoms with Crippen LogP contribution in [0.15, 0.2) is 39.5 Å². The monoisotopic (exact) mass is 384 g/mol. The van der Waals surface area contributed by atoms with E-state index in [1.165, 1.54) is 25.1 Å². The summed E-state index contributed by atoms with van der Waals surface area (Å²) in [6.07, 6.45) is -0.810. The fourth-order valence-electron chi connectivity index (χ4n) is 3.05. The average molecular weight is 384 g/mol. The zero-order chi connectivity index (χ0) is 20.6. The van der Waals surface area contributed by atoms with Crippen LogP contribution >= 0.6 is 0 Å². The lowest BCUT2D eigenvalue weighted by Crippen LogP contribution is -2.11. The van der Waals surface area contributed by atoms with Crippen molar-refractivity contribution in [3.8, 4) is 5.75 Å². The van der Waals surface area contributed by atoms with E-state index in [0.29, 0.717) is 11.3 Å². The highest BCUT2D eigenvalue weighted by Crippen LogP contribution is 2.32. The van der Waals surface area contributed by atoms with E-state index in [1.807, 2.05) is 13.8 Å². The molecule has 7 nitrogen and oxygen atoms in total. The number of carboxylic acids is 1. The highest BCUT2D eigenvalue weighted by Gasteiger charge is 2.20. The van der Waals surface area contributed by atoms with E-state index >= 15 is 0 Å². The van der Waals surface area contributed by atoms with Crippen LogP contribution in [-0.4, -0.2) is 23.1 Å². The fraction of sp³-hybridized carbons (Fsp3) is 0.286. The molecule has 2 aromatic carbocycles. The number of carboxylic acid groups (broad SMARTS) is 1. The van der Waals surface area contributed by atoms with Gasteiger partial charge in [0.2, 0.25) is 5.43 Å². The van der Waals surface area contributed by atoms with Crippen molar-refractivity contribution in [3.05, 3.63) is 51.7 Å². The smallest absolute Gasteiger partial charge is 0.335 e. The third kappa shape index (κ3) is 3.69. The predicted molar refractivity (Wildman–Crippen MR) is 103 cm³/mol. The van der Waals surface area contributed by atoms with E-state index < -0.39 is 18.0 Å². The van der Waals surface area contributed by atoms with Gasteiger partial charge in [0.25, 0.3) is 0 Å². The Morgan fingerprint density at radius 2 is 1.79 bits per heavy atom. The first-order valence-corrected chi connectivity index (χ1v) is 8.79. The van der Waals surface area contributed by atoms with Crippen molar-refractivity contribution in [2.24, 2.45) is 0 Å². The third-order valence-corrected chi connectivity index (χ3v) is 4.17. The molecule has 3 rings (SSSR count).